The van der Waals surface area contributed by atoms with Crippen LogP contribution in [0.15, 0.2) is 42.6 Å². The van der Waals surface area contributed by atoms with Crippen LogP contribution in [0.3, 0.4) is 0 Å². The number of amides is 1. The summed E-state index contributed by atoms with van der Waals surface area (Å²) in [6.07, 6.45) is 2.16. The molecule has 2 heterocycles. The molecule has 1 aromatic heterocycles. The van der Waals surface area contributed by atoms with Gasteiger partial charge in [0.1, 0.15) is 5.82 Å². The number of hydrogen-bond acceptors (Lipinski definition) is 5. The van der Waals surface area contributed by atoms with Gasteiger partial charge in [0, 0.05) is 16.6 Å². The first-order chi connectivity index (χ1) is 11.4. The van der Waals surface area contributed by atoms with Crippen LogP contribution in [0.5, 0.6) is 0 Å². The lowest BCUT2D eigenvalue weighted by molar-refractivity contribution is 0.102. The predicted molar refractivity (Wildman–Crippen MR) is 94.3 cm³/mol. The topological polar surface area (TPSA) is 88.2 Å². The Morgan fingerprint density at radius 1 is 1.25 bits per heavy atom. The van der Waals surface area contributed by atoms with E-state index in [4.69, 9.17) is 11.6 Å². The van der Waals surface area contributed by atoms with Gasteiger partial charge in [0.05, 0.1) is 23.4 Å². The zero-order chi connectivity index (χ0) is 17.2. The third kappa shape index (κ3) is 4.24. The standard InChI is InChI=1S/C16H16ClN3O3S/c17-12-3-1-2-11(8-12)16(21)20-15-5-4-13(9-18-15)19-14-6-7-24(22,23)10-14/h1-5,8-9,14,19H,6-7,10H2,(H,18,20,21). The first kappa shape index (κ1) is 16.7. The number of sulfone groups is 1. The van der Waals surface area contributed by atoms with Crippen LogP contribution in [0.1, 0.15) is 16.8 Å². The molecule has 1 aliphatic heterocycles. The van der Waals surface area contributed by atoms with E-state index < -0.39 is 9.84 Å². The van der Waals surface area contributed by atoms with Crippen LogP contribution in [-0.4, -0.2) is 36.9 Å². The van der Waals surface area contributed by atoms with Gasteiger partial charge in [-0.1, -0.05) is 17.7 Å². The van der Waals surface area contributed by atoms with Crippen molar-refractivity contribution >= 4 is 38.9 Å². The van der Waals surface area contributed by atoms with E-state index >= 15 is 0 Å². The predicted octanol–water partition coefficient (Wildman–Crippen LogP) is 2.59. The molecule has 8 heteroatoms. The largest absolute Gasteiger partial charge is 0.380 e. The van der Waals surface area contributed by atoms with Crippen molar-refractivity contribution in [2.45, 2.75) is 12.5 Å². The lowest BCUT2D eigenvalue weighted by atomic mass is 10.2. The number of rotatable bonds is 4. The summed E-state index contributed by atoms with van der Waals surface area (Å²) in [5.74, 6) is 0.462. The normalized spacial score (nSPS) is 19.0. The summed E-state index contributed by atoms with van der Waals surface area (Å²) >= 11 is 5.87. The van der Waals surface area contributed by atoms with Crippen LogP contribution in [0.4, 0.5) is 11.5 Å². The molecule has 0 radical (unpaired) electrons. The number of carbonyl (C=O) groups excluding carboxylic acids is 1. The Balaban J connectivity index is 1.61. The average Bonchev–Trinajstić information content (AvgIpc) is 2.88. The minimum Gasteiger partial charge on any atom is -0.380 e. The molecule has 1 atom stereocenters. The van der Waals surface area contributed by atoms with Gasteiger partial charge in [0.25, 0.3) is 5.91 Å². The summed E-state index contributed by atoms with van der Waals surface area (Å²) in [5.41, 5.74) is 1.17. The molecule has 1 fully saturated rings. The van der Waals surface area contributed by atoms with E-state index in [0.29, 0.717) is 22.8 Å². The fourth-order valence-electron chi connectivity index (χ4n) is 2.52. The maximum absolute atomic E-state index is 12.1. The Morgan fingerprint density at radius 3 is 2.71 bits per heavy atom. The molecule has 0 spiro atoms. The first-order valence-corrected chi connectivity index (χ1v) is 9.61. The number of carbonyl (C=O) groups is 1. The molecule has 1 aliphatic rings. The molecule has 24 heavy (non-hydrogen) atoms. The molecular weight excluding hydrogens is 350 g/mol. The van der Waals surface area contributed by atoms with Crippen molar-refractivity contribution in [2.24, 2.45) is 0 Å². The number of halogens is 1. The van der Waals surface area contributed by atoms with Crippen LogP contribution in [-0.2, 0) is 9.84 Å². The van der Waals surface area contributed by atoms with E-state index in [1.807, 2.05) is 0 Å². The minimum absolute atomic E-state index is 0.0938. The molecule has 1 unspecified atom stereocenters. The van der Waals surface area contributed by atoms with Gasteiger partial charge >= 0.3 is 0 Å². The molecule has 0 bridgehead atoms. The van der Waals surface area contributed by atoms with Crippen LogP contribution in [0.25, 0.3) is 0 Å². The van der Waals surface area contributed by atoms with Gasteiger partial charge in [-0.3, -0.25) is 4.79 Å². The highest BCUT2D eigenvalue weighted by molar-refractivity contribution is 7.91. The van der Waals surface area contributed by atoms with Gasteiger partial charge in [0.15, 0.2) is 9.84 Å². The first-order valence-electron chi connectivity index (χ1n) is 7.41. The summed E-state index contributed by atoms with van der Waals surface area (Å²) in [6.45, 7) is 0. The third-order valence-corrected chi connectivity index (χ3v) is 5.70. The second-order valence-corrected chi connectivity index (χ2v) is 8.31. The maximum Gasteiger partial charge on any atom is 0.256 e. The highest BCUT2D eigenvalue weighted by Gasteiger charge is 2.27. The number of nitrogens with one attached hydrogen (secondary N) is 2. The number of anilines is 2. The Hall–Kier alpha value is -2.12. The minimum atomic E-state index is -2.92. The van der Waals surface area contributed by atoms with E-state index in [0.717, 1.165) is 5.69 Å². The molecular formula is C16H16ClN3O3S. The van der Waals surface area contributed by atoms with E-state index in [9.17, 15) is 13.2 Å². The van der Waals surface area contributed by atoms with Gasteiger partial charge in [-0.05, 0) is 36.8 Å². The summed E-state index contributed by atoms with van der Waals surface area (Å²) in [6, 6.07) is 9.96. The van der Waals surface area contributed by atoms with Gasteiger partial charge in [-0.15, -0.1) is 0 Å². The fourth-order valence-corrected chi connectivity index (χ4v) is 4.38. The quantitative estimate of drug-likeness (QED) is 0.869. The molecule has 1 saturated heterocycles. The Morgan fingerprint density at radius 2 is 2.08 bits per heavy atom. The van der Waals surface area contributed by atoms with Crippen LogP contribution < -0.4 is 10.6 Å². The van der Waals surface area contributed by atoms with E-state index in [-0.39, 0.29) is 23.5 Å². The van der Waals surface area contributed by atoms with Crippen LogP contribution in [0.2, 0.25) is 5.02 Å². The second kappa shape index (κ2) is 6.78. The van der Waals surface area contributed by atoms with Gasteiger partial charge in [-0.2, -0.15) is 0 Å². The molecule has 3 rings (SSSR count). The maximum atomic E-state index is 12.1. The summed E-state index contributed by atoms with van der Waals surface area (Å²) in [7, 11) is -2.92. The molecule has 126 valence electrons. The molecule has 6 nitrogen and oxygen atoms in total. The number of pyridine rings is 1. The number of benzene rings is 1. The third-order valence-electron chi connectivity index (χ3n) is 3.70. The molecule has 1 aromatic carbocycles. The van der Waals surface area contributed by atoms with Crippen molar-refractivity contribution in [1.29, 1.82) is 0 Å². The zero-order valence-corrected chi connectivity index (χ0v) is 14.3. The average molecular weight is 366 g/mol. The lowest BCUT2D eigenvalue weighted by Gasteiger charge is -2.12. The second-order valence-electron chi connectivity index (χ2n) is 5.64. The summed E-state index contributed by atoms with van der Waals surface area (Å²) in [4.78, 5) is 16.3. The van der Waals surface area contributed by atoms with E-state index in [1.165, 1.54) is 0 Å². The Labute approximate surface area is 145 Å². The van der Waals surface area contributed by atoms with Gasteiger partial charge in [0.2, 0.25) is 0 Å². The van der Waals surface area contributed by atoms with Crippen molar-refractivity contribution in [2.75, 3.05) is 22.1 Å². The van der Waals surface area contributed by atoms with Crippen molar-refractivity contribution in [3.05, 3.63) is 53.2 Å². The number of nitrogens with zero attached hydrogens (tertiary/aromatic N) is 1. The highest BCUT2D eigenvalue weighted by atomic mass is 35.5. The smallest absolute Gasteiger partial charge is 0.256 e. The van der Waals surface area contributed by atoms with Crippen LogP contribution in [0, 0.1) is 0 Å². The molecule has 2 aromatic rings. The van der Waals surface area contributed by atoms with Gasteiger partial charge < -0.3 is 10.6 Å². The molecule has 0 saturated carbocycles. The Kier molecular flexibility index (Phi) is 4.73. The van der Waals surface area contributed by atoms with Crippen LogP contribution >= 0.6 is 11.6 Å². The summed E-state index contributed by atoms with van der Waals surface area (Å²) < 4.78 is 22.9. The van der Waals surface area contributed by atoms with Crippen molar-refractivity contribution in [3.63, 3.8) is 0 Å². The highest BCUT2D eigenvalue weighted by Crippen LogP contribution is 2.18. The SMILES string of the molecule is O=C(Nc1ccc(NC2CCS(=O)(=O)C2)cn1)c1cccc(Cl)c1. The molecule has 1 amide bonds. The lowest BCUT2D eigenvalue weighted by Crippen LogP contribution is -2.20. The van der Waals surface area contributed by atoms with Gasteiger partial charge in [-0.25, -0.2) is 13.4 Å². The fraction of sp³-hybridized carbons (Fsp3) is 0.250. The monoisotopic (exact) mass is 365 g/mol. The zero-order valence-electron chi connectivity index (χ0n) is 12.7. The Bertz CT molecular complexity index is 853. The van der Waals surface area contributed by atoms with E-state index in [2.05, 4.69) is 15.6 Å². The summed E-state index contributed by atoms with van der Waals surface area (Å²) in [5, 5.41) is 6.32. The van der Waals surface area contributed by atoms with Crippen molar-refractivity contribution < 1.29 is 13.2 Å². The molecule has 0 aliphatic carbocycles. The van der Waals surface area contributed by atoms with Crippen molar-refractivity contribution in [3.8, 4) is 0 Å². The number of hydrogen-bond donors (Lipinski definition) is 2. The molecule has 2 N–H and O–H groups in total. The van der Waals surface area contributed by atoms with E-state index in [1.54, 1.807) is 42.6 Å². The number of aromatic nitrogens is 1. The van der Waals surface area contributed by atoms with Crippen molar-refractivity contribution in [1.82, 2.24) is 4.98 Å².